The van der Waals surface area contributed by atoms with Gasteiger partial charge >= 0.3 is 5.97 Å². The molecule has 0 amide bonds. The Balaban J connectivity index is 1.48. The number of carbonyl (C=O) groups excluding carboxylic acids is 1. The van der Waals surface area contributed by atoms with Gasteiger partial charge in [-0.1, -0.05) is 42.5 Å². The Kier molecular flexibility index (Phi) is 5.04. The molecule has 2 aromatic carbocycles. The highest BCUT2D eigenvalue weighted by Gasteiger charge is 2.10. The summed E-state index contributed by atoms with van der Waals surface area (Å²) in [6.07, 6.45) is 1.65. The van der Waals surface area contributed by atoms with Crippen molar-refractivity contribution in [3.8, 4) is 11.1 Å². The number of pyridine rings is 1. The predicted octanol–water partition coefficient (Wildman–Crippen LogP) is 4.48. The molecule has 5 nitrogen and oxygen atoms in total. The zero-order chi connectivity index (χ0) is 19.5. The van der Waals surface area contributed by atoms with E-state index >= 15 is 0 Å². The van der Waals surface area contributed by atoms with E-state index in [2.05, 4.69) is 20.9 Å². The second-order valence-corrected chi connectivity index (χ2v) is 7.10. The first-order valence-corrected chi connectivity index (χ1v) is 9.40. The number of fused-ring (bicyclic) bond motifs is 1. The number of esters is 1. The Labute approximate surface area is 169 Å². The monoisotopic (exact) mass is 434 g/mol. The molecule has 0 saturated carbocycles. The van der Waals surface area contributed by atoms with Crippen molar-refractivity contribution in [2.24, 2.45) is 0 Å². The first kappa shape index (κ1) is 18.1. The van der Waals surface area contributed by atoms with Gasteiger partial charge in [-0.2, -0.15) is 0 Å². The van der Waals surface area contributed by atoms with Gasteiger partial charge in [0.05, 0.1) is 11.3 Å². The molecule has 28 heavy (non-hydrogen) atoms. The lowest BCUT2D eigenvalue weighted by atomic mass is 10.0. The van der Waals surface area contributed by atoms with Gasteiger partial charge in [-0.3, -0.25) is 9.20 Å². The van der Waals surface area contributed by atoms with Crippen LogP contribution in [0.3, 0.4) is 0 Å². The Morgan fingerprint density at radius 1 is 0.964 bits per heavy atom. The van der Waals surface area contributed by atoms with Gasteiger partial charge in [0.1, 0.15) is 12.3 Å². The first-order chi connectivity index (χ1) is 13.6. The lowest BCUT2D eigenvalue weighted by Gasteiger charge is -2.07. The average molecular weight is 435 g/mol. The number of ether oxygens (including phenoxy) is 1. The molecule has 0 fully saturated rings. The number of benzene rings is 2. The largest absolute Gasteiger partial charge is 0.456 e. The quantitative estimate of drug-likeness (QED) is 0.444. The second kappa shape index (κ2) is 7.78. The summed E-state index contributed by atoms with van der Waals surface area (Å²) in [6.45, 7) is -0.0684. The van der Waals surface area contributed by atoms with E-state index < -0.39 is 5.97 Å². The minimum Gasteiger partial charge on any atom is -0.456 e. The molecule has 0 aliphatic heterocycles. The topological polar surface area (TPSA) is 60.7 Å². The van der Waals surface area contributed by atoms with Crippen molar-refractivity contribution in [1.29, 1.82) is 0 Å². The molecular formula is C22H15BrN2O3. The fourth-order valence-corrected chi connectivity index (χ4v) is 3.19. The van der Waals surface area contributed by atoms with Crippen LogP contribution in [0.4, 0.5) is 0 Å². The number of halogens is 1. The third-order valence-corrected chi connectivity index (χ3v) is 4.72. The highest BCUT2D eigenvalue weighted by atomic mass is 79.9. The van der Waals surface area contributed by atoms with Crippen LogP contribution in [0.2, 0.25) is 0 Å². The molecule has 0 unspecified atom stereocenters. The van der Waals surface area contributed by atoms with Crippen molar-refractivity contribution in [3.63, 3.8) is 0 Å². The first-order valence-electron chi connectivity index (χ1n) is 8.60. The molecule has 0 saturated heterocycles. The highest BCUT2D eigenvalue weighted by Crippen LogP contribution is 2.19. The van der Waals surface area contributed by atoms with Gasteiger partial charge < -0.3 is 4.74 Å². The van der Waals surface area contributed by atoms with E-state index in [1.165, 1.54) is 10.5 Å². The van der Waals surface area contributed by atoms with Crippen LogP contribution in [0, 0.1) is 0 Å². The Morgan fingerprint density at radius 2 is 1.68 bits per heavy atom. The number of aromatic nitrogens is 2. The van der Waals surface area contributed by atoms with Crippen LogP contribution in [0.15, 0.2) is 88.3 Å². The van der Waals surface area contributed by atoms with Gasteiger partial charge in [0, 0.05) is 16.7 Å². The molecule has 0 aliphatic rings. The lowest BCUT2D eigenvalue weighted by molar-refractivity contribution is 0.0467. The van der Waals surface area contributed by atoms with E-state index in [0.717, 1.165) is 15.6 Å². The molecule has 0 N–H and O–H groups in total. The standard InChI is InChI=1S/C22H15BrN2O3/c23-18-10-11-20-24-19(12-21(26)25(20)13-18)14-28-22(27)17-8-6-16(7-9-17)15-4-2-1-3-5-15/h1-13H,14H2. The van der Waals surface area contributed by atoms with Crippen LogP contribution >= 0.6 is 15.9 Å². The van der Waals surface area contributed by atoms with Crippen LogP contribution in [0.25, 0.3) is 16.8 Å². The van der Waals surface area contributed by atoms with Crippen molar-refractivity contribution < 1.29 is 9.53 Å². The number of hydrogen-bond acceptors (Lipinski definition) is 4. The van der Waals surface area contributed by atoms with Crippen molar-refractivity contribution in [3.05, 3.63) is 105 Å². The molecule has 2 heterocycles. The summed E-state index contributed by atoms with van der Waals surface area (Å²) < 4.78 is 7.54. The number of nitrogens with zero attached hydrogens (tertiary/aromatic N) is 2. The second-order valence-electron chi connectivity index (χ2n) is 6.18. The fraction of sp³-hybridized carbons (Fsp3) is 0.0455. The van der Waals surface area contributed by atoms with E-state index in [4.69, 9.17) is 4.74 Å². The molecule has 0 bridgehead atoms. The summed E-state index contributed by atoms with van der Waals surface area (Å²) in [5.41, 5.74) is 3.21. The van der Waals surface area contributed by atoms with Gasteiger partial charge in [-0.05, 0) is 51.3 Å². The molecule has 4 rings (SSSR count). The van der Waals surface area contributed by atoms with Crippen LogP contribution in [0.1, 0.15) is 16.1 Å². The van der Waals surface area contributed by atoms with Crippen molar-refractivity contribution in [1.82, 2.24) is 9.38 Å². The Bertz CT molecular complexity index is 1200. The van der Waals surface area contributed by atoms with Gasteiger partial charge in [0.25, 0.3) is 5.56 Å². The molecule has 138 valence electrons. The zero-order valence-corrected chi connectivity index (χ0v) is 16.3. The highest BCUT2D eigenvalue weighted by molar-refractivity contribution is 9.10. The maximum absolute atomic E-state index is 12.3. The molecule has 0 radical (unpaired) electrons. The van der Waals surface area contributed by atoms with Gasteiger partial charge in [0.2, 0.25) is 0 Å². The third kappa shape index (κ3) is 3.87. The number of hydrogen-bond donors (Lipinski definition) is 0. The molecule has 0 spiro atoms. The number of carbonyl (C=O) groups is 1. The lowest BCUT2D eigenvalue weighted by Crippen LogP contribution is -2.16. The summed E-state index contributed by atoms with van der Waals surface area (Å²) >= 11 is 3.32. The summed E-state index contributed by atoms with van der Waals surface area (Å²) in [5, 5.41) is 0. The van der Waals surface area contributed by atoms with E-state index in [1.807, 2.05) is 42.5 Å². The third-order valence-electron chi connectivity index (χ3n) is 4.26. The normalized spacial score (nSPS) is 10.8. The van der Waals surface area contributed by atoms with Crippen molar-refractivity contribution >= 4 is 27.5 Å². The Morgan fingerprint density at radius 3 is 2.43 bits per heavy atom. The molecule has 4 aromatic rings. The average Bonchev–Trinajstić information content (AvgIpc) is 2.73. The van der Waals surface area contributed by atoms with E-state index in [1.54, 1.807) is 30.5 Å². The van der Waals surface area contributed by atoms with E-state index in [0.29, 0.717) is 16.9 Å². The molecule has 2 aromatic heterocycles. The maximum atomic E-state index is 12.3. The molecular weight excluding hydrogens is 420 g/mol. The Hall–Kier alpha value is -3.25. The summed E-state index contributed by atoms with van der Waals surface area (Å²) in [4.78, 5) is 28.9. The minimum absolute atomic E-state index is 0.0684. The van der Waals surface area contributed by atoms with Crippen molar-refractivity contribution in [2.45, 2.75) is 6.61 Å². The summed E-state index contributed by atoms with van der Waals surface area (Å²) in [7, 11) is 0. The van der Waals surface area contributed by atoms with Gasteiger partial charge in [-0.25, -0.2) is 9.78 Å². The predicted molar refractivity (Wildman–Crippen MR) is 110 cm³/mol. The van der Waals surface area contributed by atoms with Crippen LogP contribution < -0.4 is 5.56 Å². The zero-order valence-electron chi connectivity index (χ0n) is 14.7. The smallest absolute Gasteiger partial charge is 0.338 e. The summed E-state index contributed by atoms with van der Waals surface area (Å²) in [5.74, 6) is -0.461. The van der Waals surface area contributed by atoms with Crippen LogP contribution in [-0.2, 0) is 11.3 Å². The maximum Gasteiger partial charge on any atom is 0.338 e. The molecule has 0 atom stereocenters. The summed E-state index contributed by atoms with van der Waals surface area (Å²) in [6, 6.07) is 22.0. The molecule has 0 aliphatic carbocycles. The van der Waals surface area contributed by atoms with Crippen molar-refractivity contribution in [2.75, 3.05) is 0 Å². The fourth-order valence-electron chi connectivity index (χ4n) is 2.85. The van der Waals surface area contributed by atoms with Crippen LogP contribution in [0.5, 0.6) is 0 Å². The SMILES string of the molecule is O=C(OCc1cc(=O)n2cc(Br)ccc2n1)c1ccc(-c2ccccc2)cc1. The van der Waals surface area contributed by atoms with Crippen LogP contribution in [-0.4, -0.2) is 15.4 Å². The molecule has 6 heteroatoms. The van der Waals surface area contributed by atoms with Gasteiger partial charge in [0.15, 0.2) is 0 Å². The van der Waals surface area contributed by atoms with E-state index in [9.17, 15) is 9.59 Å². The minimum atomic E-state index is -0.461. The van der Waals surface area contributed by atoms with Gasteiger partial charge in [-0.15, -0.1) is 0 Å². The number of rotatable bonds is 4. The van der Waals surface area contributed by atoms with E-state index in [-0.39, 0.29) is 12.2 Å².